The van der Waals surface area contributed by atoms with Crippen LogP contribution in [-0.4, -0.2) is 27.5 Å². The van der Waals surface area contributed by atoms with E-state index in [2.05, 4.69) is 46.4 Å². The lowest BCUT2D eigenvalue weighted by molar-refractivity contribution is 0.561. The third-order valence-corrected chi connectivity index (χ3v) is 3.19. The van der Waals surface area contributed by atoms with E-state index >= 15 is 0 Å². The molecule has 114 valence electrons. The molecule has 0 fully saturated rings. The minimum absolute atomic E-state index is 0.229. The summed E-state index contributed by atoms with van der Waals surface area (Å²) in [5, 5.41) is 6.75. The number of hydrogen-bond acceptors (Lipinski definition) is 5. The van der Waals surface area contributed by atoms with Crippen LogP contribution < -0.4 is 10.6 Å². The first-order chi connectivity index (χ1) is 9.69. The van der Waals surface area contributed by atoms with Crippen molar-refractivity contribution in [1.29, 1.82) is 0 Å². The zero-order valence-electron chi connectivity index (χ0n) is 12.7. The summed E-state index contributed by atoms with van der Waals surface area (Å²) in [6.07, 6.45) is 6.80. The molecule has 0 aliphatic carbocycles. The van der Waals surface area contributed by atoms with Gasteiger partial charge >= 0.3 is 0 Å². The summed E-state index contributed by atoms with van der Waals surface area (Å²) < 4.78 is 0. The fourth-order valence-corrected chi connectivity index (χ4v) is 2.16. The van der Waals surface area contributed by atoms with Gasteiger partial charge in [-0.1, -0.05) is 40.0 Å². The van der Waals surface area contributed by atoms with Gasteiger partial charge in [-0.25, -0.2) is 0 Å². The number of rotatable bonds is 10. The summed E-state index contributed by atoms with van der Waals surface area (Å²) in [4.78, 5) is 12.6. The molecule has 0 saturated heterocycles. The lowest BCUT2D eigenvalue weighted by atomic mass is 10.1. The molecule has 1 unspecified atom stereocenters. The predicted octanol–water partition coefficient (Wildman–Crippen LogP) is 4.12. The highest BCUT2D eigenvalue weighted by atomic mass is 35.5. The molecule has 1 rings (SSSR count). The summed E-state index contributed by atoms with van der Waals surface area (Å²) in [5.74, 6) is 1.11. The van der Waals surface area contributed by atoms with Crippen LogP contribution in [-0.2, 0) is 0 Å². The van der Waals surface area contributed by atoms with Crippen LogP contribution in [0.2, 0.25) is 5.28 Å². The van der Waals surface area contributed by atoms with E-state index in [4.69, 9.17) is 11.6 Å². The van der Waals surface area contributed by atoms with Crippen LogP contribution in [0, 0.1) is 0 Å². The van der Waals surface area contributed by atoms with Gasteiger partial charge in [0.15, 0.2) is 0 Å². The van der Waals surface area contributed by atoms with Gasteiger partial charge in [0.05, 0.1) is 0 Å². The molecule has 0 aliphatic heterocycles. The maximum absolute atomic E-state index is 5.95. The van der Waals surface area contributed by atoms with E-state index in [1.807, 2.05) is 0 Å². The summed E-state index contributed by atoms with van der Waals surface area (Å²) in [5.41, 5.74) is 0. The molecule has 6 heteroatoms. The molecule has 0 aliphatic rings. The first-order valence-electron chi connectivity index (χ1n) is 7.61. The lowest BCUT2D eigenvalue weighted by Crippen LogP contribution is -2.21. The monoisotopic (exact) mass is 299 g/mol. The van der Waals surface area contributed by atoms with Gasteiger partial charge in [0, 0.05) is 12.6 Å². The Labute approximate surface area is 127 Å². The van der Waals surface area contributed by atoms with Gasteiger partial charge in [-0.3, -0.25) is 0 Å². The number of nitrogens with zero attached hydrogens (tertiary/aromatic N) is 3. The van der Waals surface area contributed by atoms with Gasteiger partial charge in [-0.15, -0.1) is 0 Å². The van der Waals surface area contributed by atoms with Crippen molar-refractivity contribution in [2.75, 3.05) is 17.2 Å². The average molecular weight is 300 g/mol. The number of hydrogen-bond donors (Lipinski definition) is 2. The Morgan fingerprint density at radius 3 is 2.35 bits per heavy atom. The molecule has 2 N–H and O–H groups in total. The van der Waals surface area contributed by atoms with Crippen molar-refractivity contribution in [2.24, 2.45) is 0 Å². The van der Waals surface area contributed by atoms with Gasteiger partial charge < -0.3 is 10.6 Å². The minimum Gasteiger partial charge on any atom is -0.354 e. The second kappa shape index (κ2) is 9.75. The zero-order chi connectivity index (χ0) is 14.8. The fraction of sp³-hybridized carbons (Fsp3) is 0.786. The molecule has 0 spiro atoms. The molecular weight excluding hydrogens is 274 g/mol. The normalized spacial score (nSPS) is 12.2. The fourth-order valence-electron chi connectivity index (χ4n) is 2.00. The van der Waals surface area contributed by atoms with Gasteiger partial charge in [0.2, 0.25) is 17.2 Å². The lowest BCUT2D eigenvalue weighted by Gasteiger charge is -2.18. The summed E-state index contributed by atoms with van der Waals surface area (Å²) in [6, 6.07) is 0.400. The number of nitrogens with one attached hydrogen (secondary N) is 2. The van der Waals surface area contributed by atoms with E-state index < -0.39 is 0 Å². The molecule has 0 saturated carbocycles. The number of unbranched alkanes of at least 4 members (excludes halogenated alkanes) is 1. The molecule has 0 bridgehead atoms. The van der Waals surface area contributed by atoms with Crippen molar-refractivity contribution in [3.63, 3.8) is 0 Å². The molecule has 5 nitrogen and oxygen atoms in total. The summed E-state index contributed by atoms with van der Waals surface area (Å²) in [6.45, 7) is 7.32. The molecule has 1 atom stereocenters. The second-order valence-corrected chi connectivity index (χ2v) is 5.29. The van der Waals surface area contributed by atoms with Crippen molar-refractivity contribution in [3.05, 3.63) is 5.28 Å². The Kier molecular flexibility index (Phi) is 8.26. The molecule has 0 radical (unpaired) electrons. The van der Waals surface area contributed by atoms with E-state index in [0.29, 0.717) is 17.9 Å². The van der Waals surface area contributed by atoms with Crippen LogP contribution in [0.1, 0.15) is 59.3 Å². The van der Waals surface area contributed by atoms with Crippen molar-refractivity contribution in [2.45, 2.75) is 65.3 Å². The van der Waals surface area contributed by atoms with Crippen molar-refractivity contribution < 1.29 is 0 Å². The Morgan fingerprint density at radius 1 is 0.950 bits per heavy atom. The van der Waals surface area contributed by atoms with E-state index in [9.17, 15) is 0 Å². The Hall–Kier alpha value is -1.10. The van der Waals surface area contributed by atoms with Crippen LogP contribution in [0.15, 0.2) is 0 Å². The molecular formula is C14H26ClN5. The number of anilines is 2. The minimum atomic E-state index is 0.229. The Bertz CT molecular complexity index is 386. The van der Waals surface area contributed by atoms with Gasteiger partial charge in [-0.2, -0.15) is 15.0 Å². The first kappa shape index (κ1) is 17.0. The largest absolute Gasteiger partial charge is 0.354 e. The van der Waals surface area contributed by atoms with Crippen LogP contribution in [0.4, 0.5) is 11.9 Å². The Morgan fingerprint density at radius 2 is 1.70 bits per heavy atom. The zero-order valence-corrected chi connectivity index (χ0v) is 13.5. The van der Waals surface area contributed by atoms with Crippen LogP contribution in [0.5, 0.6) is 0 Å². The van der Waals surface area contributed by atoms with Crippen molar-refractivity contribution in [3.8, 4) is 0 Å². The Balaban J connectivity index is 2.69. The van der Waals surface area contributed by atoms with E-state index in [1.165, 1.54) is 12.8 Å². The second-order valence-electron chi connectivity index (χ2n) is 4.95. The molecule has 0 aromatic carbocycles. The smallest absolute Gasteiger partial charge is 0.229 e. The van der Waals surface area contributed by atoms with E-state index in [0.717, 1.165) is 32.2 Å². The molecule has 0 amide bonds. The molecule has 20 heavy (non-hydrogen) atoms. The maximum Gasteiger partial charge on any atom is 0.229 e. The van der Waals surface area contributed by atoms with Crippen LogP contribution in [0.25, 0.3) is 0 Å². The number of aromatic nitrogens is 3. The highest BCUT2D eigenvalue weighted by Crippen LogP contribution is 2.15. The van der Waals surface area contributed by atoms with E-state index in [1.54, 1.807) is 0 Å². The molecule has 1 heterocycles. The van der Waals surface area contributed by atoms with Crippen LogP contribution >= 0.6 is 11.6 Å². The maximum atomic E-state index is 5.95. The topological polar surface area (TPSA) is 62.7 Å². The van der Waals surface area contributed by atoms with Gasteiger partial charge in [0.1, 0.15) is 0 Å². The summed E-state index contributed by atoms with van der Waals surface area (Å²) in [7, 11) is 0. The molecule has 1 aromatic rings. The SMILES string of the molecule is CCCCC(CCC)Nc1nc(Cl)nc(NCCC)n1. The van der Waals surface area contributed by atoms with Gasteiger partial charge in [0.25, 0.3) is 0 Å². The highest BCUT2D eigenvalue weighted by molar-refractivity contribution is 6.28. The quantitative estimate of drug-likeness (QED) is 0.680. The number of halogens is 1. The predicted molar refractivity (Wildman–Crippen MR) is 85.5 cm³/mol. The highest BCUT2D eigenvalue weighted by Gasteiger charge is 2.11. The standard InChI is InChI=1S/C14H26ClN5/c1-4-7-9-11(8-5-2)17-14-19-12(15)18-13(20-14)16-10-6-3/h11H,4-10H2,1-3H3,(H2,16,17,18,19,20). The van der Waals surface area contributed by atoms with Crippen molar-refractivity contribution >= 4 is 23.5 Å². The molecule has 1 aromatic heterocycles. The first-order valence-corrected chi connectivity index (χ1v) is 7.99. The summed E-state index contributed by atoms with van der Waals surface area (Å²) >= 11 is 5.95. The van der Waals surface area contributed by atoms with Crippen molar-refractivity contribution in [1.82, 2.24) is 15.0 Å². The van der Waals surface area contributed by atoms with Gasteiger partial charge in [-0.05, 0) is 30.9 Å². The van der Waals surface area contributed by atoms with E-state index in [-0.39, 0.29) is 5.28 Å². The third kappa shape index (κ3) is 6.37. The average Bonchev–Trinajstić information content (AvgIpc) is 2.42. The third-order valence-electron chi connectivity index (χ3n) is 3.02. The van der Waals surface area contributed by atoms with Crippen LogP contribution in [0.3, 0.4) is 0 Å².